The van der Waals surface area contributed by atoms with Crippen molar-refractivity contribution in [3.05, 3.63) is 103 Å². The van der Waals surface area contributed by atoms with Gasteiger partial charge in [-0.2, -0.15) is 0 Å². The summed E-state index contributed by atoms with van der Waals surface area (Å²) in [5.41, 5.74) is 2.05. The lowest BCUT2D eigenvalue weighted by atomic mass is 9.92. The summed E-state index contributed by atoms with van der Waals surface area (Å²) in [6.07, 6.45) is 0. The Morgan fingerprint density at radius 3 is 1.57 bits per heavy atom. The highest BCUT2D eigenvalue weighted by molar-refractivity contribution is 6.40. The Bertz CT molecular complexity index is 1290. The van der Waals surface area contributed by atoms with Gasteiger partial charge < -0.3 is 14.0 Å². The summed E-state index contributed by atoms with van der Waals surface area (Å²) in [5.74, 6) is 2.17. The van der Waals surface area contributed by atoms with Crippen LogP contribution in [0.3, 0.4) is 0 Å². The van der Waals surface area contributed by atoms with Crippen molar-refractivity contribution in [3.8, 4) is 28.4 Å². The molecule has 0 N–H and O–H groups in total. The van der Waals surface area contributed by atoms with Crippen molar-refractivity contribution in [1.29, 1.82) is 0 Å². The number of benzene rings is 5. The van der Waals surface area contributed by atoms with Crippen LogP contribution in [-0.2, 0) is 0 Å². The van der Waals surface area contributed by atoms with Gasteiger partial charge in [0.15, 0.2) is 0 Å². The van der Waals surface area contributed by atoms with Crippen LogP contribution >= 0.6 is 0 Å². The molecule has 0 radical (unpaired) electrons. The van der Waals surface area contributed by atoms with E-state index in [1.165, 1.54) is 0 Å². The molecule has 0 atom stereocenters. The molecule has 1 aliphatic rings. The third-order valence-electron chi connectivity index (χ3n) is 5.45. The van der Waals surface area contributed by atoms with Gasteiger partial charge in [0.2, 0.25) is 0 Å². The quantitative estimate of drug-likeness (QED) is 0.323. The van der Waals surface area contributed by atoms with Gasteiger partial charge in [0.25, 0.3) is 0 Å². The first-order chi connectivity index (χ1) is 14.9. The molecule has 1 aliphatic heterocycles. The van der Waals surface area contributed by atoms with Gasteiger partial charge in [-0.1, -0.05) is 78.9 Å². The van der Waals surface area contributed by atoms with E-state index in [0.717, 1.165) is 44.2 Å². The second-order valence-electron chi connectivity index (χ2n) is 7.27. The minimum atomic E-state index is -0.894. The number of rotatable bonds is 2. The number of hydrogen-bond donors (Lipinski definition) is 0. The van der Waals surface area contributed by atoms with E-state index < -0.39 is 7.32 Å². The van der Waals surface area contributed by atoms with Crippen LogP contribution in [0, 0.1) is 0 Å². The minimum Gasteiger partial charge on any atom is -0.490 e. The van der Waals surface area contributed by atoms with Crippen molar-refractivity contribution in [2.45, 2.75) is 0 Å². The van der Waals surface area contributed by atoms with Gasteiger partial charge in [-0.15, -0.1) is 0 Å². The summed E-state index contributed by atoms with van der Waals surface area (Å²) in [4.78, 5) is 0. The fraction of sp³-hybridized carbons (Fsp3) is 0. The predicted molar refractivity (Wildman–Crippen MR) is 121 cm³/mol. The standard InChI is InChI=1S/C26H17BO3/c1-2-10-20(11-3-1)28-27-29-23-16-14-18-8-4-6-12-21(18)25(23)26-22-13-7-5-9-19(22)15-17-24(26)30-27/h1-17H. The van der Waals surface area contributed by atoms with Crippen LogP contribution in [0.5, 0.6) is 17.2 Å². The van der Waals surface area contributed by atoms with Crippen LogP contribution < -0.4 is 14.0 Å². The van der Waals surface area contributed by atoms with Gasteiger partial charge >= 0.3 is 7.32 Å². The van der Waals surface area contributed by atoms with E-state index >= 15 is 0 Å². The van der Waals surface area contributed by atoms with Crippen LogP contribution in [0.2, 0.25) is 0 Å². The van der Waals surface area contributed by atoms with Gasteiger partial charge in [0, 0.05) is 11.1 Å². The predicted octanol–water partition coefficient (Wildman–Crippen LogP) is 6.50. The molecule has 142 valence electrons. The average molecular weight is 388 g/mol. The molecule has 0 saturated carbocycles. The minimum absolute atomic E-state index is 0.689. The lowest BCUT2D eigenvalue weighted by Gasteiger charge is -2.14. The highest BCUT2D eigenvalue weighted by Crippen LogP contribution is 2.47. The first-order valence-corrected chi connectivity index (χ1v) is 9.96. The molecule has 0 unspecified atom stereocenters. The molecule has 4 heteroatoms. The molecule has 5 aromatic carbocycles. The van der Waals surface area contributed by atoms with Gasteiger partial charge in [-0.25, -0.2) is 0 Å². The third-order valence-corrected chi connectivity index (χ3v) is 5.45. The Balaban J connectivity index is 1.62. The molecular formula is C26H17BO3. The molecule has 0 amide bonds. The van der Waals surface area contributed by atoms with Gasteiger partial charge in [-0.3, -0.25) is 0 Å². The monoisotopic (exact) mass is 388 g/mol. The first kappa shape index (κ1) is 17.0. The van der Waals surface area contributed by atoms with Crippen molar-refractivity contribution >= 4 is 28.9 Å². The van der Waals surface area contributed by atoms with Crippen molar-refractivity contribution in [3.63, 3.8) is 0 Å². The highest BCUT2D eigenvalue weighted by atomic mass is 16.7. The fourth-order valence-corrected chi connectivity index (χ4v) is 4.10. The lowest BCUT2D eigenvalue weighted by molar-refractivity contribution is 0.312. The van der Waals surface area contributed by atoms with Crippen molar-refractivity contribution in [2.24, 2.45) is 0 Å². The van der Waals surface area contributed by atoms with Gasteiger partial charge in [-0.05, 0) is 45.8 Å². The Kier molecular flexibility index (Phi) is 3.88. The molecule has 0 bridgehead atoms. The SMILES string of the molecule is c1ccc(OB2Oc3ccc4ccccc4c3-c3c(ccc4ccccc34)O2)cc1. The van der Waals surface area contributed by atoms with E-state index in [2.05, 4.69) is 48.5 Å². The summed E-state index contributed by atoms with van der Waals surface area (Å²) in [6, 6.07) is 34.4. The summed E-state index contributed by atoms with van der Waals surface area (Å²) in [7, 11) is -0.894. The molecule has 0 aromatic heterocycles. The van der Waals surface area contributed by atoms with Crippen LogP contribution in [0.25, 0.3) is 32.7 Å². The zero-order chi connectivity index (χ0) is 19.9. The summed E-state index contributed by atoms with van der Waals surface area (Å²) in [5, 5.41) is 4.55. The lowest BCUT2D eigenvalue weighted by Crippen LogP contribution is -2.36. The molecule has 1 heterocycles. The molecule has 30 heavy (non-hydrogen) atoms. The van der Waals surface area contributed by atoms with E-state index in [1.54, 1.807) is 0 Å². The first-order valence-electron chi connectivity index (χ1n) is 9.96. The molecule has 5 aromatic rings. The Hall–Kier alpha value is -3.92. The molecule has 6 rings (SSSR count). The number of fused-ring (bicyclic) bond motifs is 7. The maximum absolute atomic E-state index is 6.26. The smallest absolute Gasteiger partial charge is 0.490 e. The molecule has 0 spiro atoms. The molecule has 3 nitrogen and oxygen atoms in total. The topological polar surface area (TPSA) is 27.7 Å². The molecule has 0 saturated heterocycles. The zero-order valence-electron chi connectivity index (χ0n) is 16.1. The highest BCUT2D eigenvalue weighted by Gasteiger charge is 2.36. The summed E-state index contributed by atoms with van der Waals surface area (Å²) < 4.78 is 18.5. The number of hydrogen-bond acceptors (Lipinski definition) is 3. The zero-order valence-corrected chi connectivity index (χ0v) is 16.1. The normalized spacial score (nSPS) is 12.5. The van der Waals surface area contributed by atoms with Gasteiger partial charge in [0.1, 0.15) is 17.2 Å². The Labute approximate surface area is 174 Å². The van der Waals surface area contributed by atoms with Crippen LogP contribution in [0.4, 0.5) is 0 Å². The third kappa shape index (κ3) is 2.77. The van der Waals surface area contributed by atoms with Crippen LogP contribution in [0.1, 0.15) is 0 Å². The molecule has 0 fully saturated rings. The maximum atomic E-state index is 6.26. The Morgan fingerprint density at radius 2 is 1.00 bits per heavy atom. The van der Waals surface area contributed by atoms with Crippen molar-refractivity contribution in [1.82, 2.24) is 0 Å². The molecule has 0 aliphatic carbocycles. The average Bonchev–Trinajstić information content (AvgIpc) is 2.96. The van der Waals surface area contributed by atoms with E-state index in [1.807, 2.05) is 54.6 Å². The largest absolute Gasteiger partial charge is 0.864 e. The maximum Gasteiger partial charge on any atom is 0.864 e. The van der Waals surface area contributed by atoms with E-state index in [4.69, 9.17) is 14.0 Å². The second-order valence-corrected chi connectivity index (χ2v) is 7.27. The van der Waals surface area contributed by atoms with Crippen molar-refractivity contribution < 1.29 is 14.0 Å². The Morgan fingerprint density at radius 1 is 0.500 bits per heavy atom. The fourth-order valence-electron chi connectivity index (χ4n) is 4.10. The van der Waals surface area contributed by atoms with Crippen molar-refractivity contribution in [2.75, 3.05) is 0 Å². The summed E-state index contributed by atoms with van der Waals surface area (Å²) >= 11 is 0. The number of para-hydroxylation sites is 1. The van der Waals surface area contributed by atoms with Crippen LogP contribution in [-0.4, -0.2) is 7.32 Å². The van der Waals surface area contributed by atoms with E-state index in [-0.39, 0.29) is 0 Å². The second kappa shape index (κ2) is 6.85. The van der Waals surface area contributed by atoms with Crippen LogP contribution in [0.15, 0.2) is 103 Å². The molecular weight excluding hydrogens is 371 g/mol. The van der Waals surface area contributed by atoms with E-state index in [9.17, 15) is 0 Å². The van der Waals surface area contributed by atoms with Gasteiger partial charge in [0.05, 0.1) is 0 Å². The van der Waals surface area contributed by atoms with E-state index in [0.29, 0.717) is 5.75 Å². The summed E-state index contributed by atoms with van der Waals surface area (Å²) in [6.45, 7) is 0.